The molecule has 0 amide bonds. The van der Waals surface area contributed by atoms with Gasteiger partial charge in [0, 0.05) is 44.8 Å². The lowest BCUT2D eigenvalue weighted by atomic mass is 10.2. The highest BCUT2D eigenvalue weighted by atomic mass is 35.5. The maximum absolute atomic E-state index is 6.19. The number of aromatic nitrogens is 1. The molecule has 0 aliphatic heterocycles. The Balaban J connectivity index is 2.01. The Kier molecular flexibility index (Phi) is 3.44. The lowest BCUT2D eigenvalue weighted by molar-refractivity contribution is 0.836. The molecule has 0 unspecified atom stereocenters. The van der Waals surface area contributed by atoms with Crippen LogP contribution >= 0.6 is 34.8 Å². The standard InChI is InChI=1S/C15H9Cl3N/c16-12-3-4-15-10(7-12)5-6-19(15)9-11-1-2-13(17)8-14(11)18/h1-4,6-8H,9H2. The molecule has 0 atom stereocenters. The van der Waals surface area contributed by atoms with Crippen molar-refractivity contribution in [3.05, 3.63) is 69.3 Å². The first-order valence-corrected chi connectivity index (χ1v) is 6.87. The molecule has 95 valence electrons. The van der Waals surface area contributed by atoms with Crippen molar-refractivity contribution in [2.24, 2.45) is 0 Å². The molecule has 0 bridgehead atoms. The summed E-state index contributed by atoms with van der Waals surface area (Å²) in [5, 5.41) is 3.02. The van der Waals surface area contributed by atoms with Gasteiger partial charge in [0.1, 0.15) is 0 Å². The van der Waals surface area contributed by atoms with Crippen molar-refractivity contribution in [3.63, 3.8) is 0 Å². The molecule has 1 heterocycles. The van der Waals surface area contributed by atoms with Crippen molar-refractivity contribution >= 4 is 45.7 Å². The van der Waals surface area contributed by atoms with Gasteiger partial charge in [0.05, 0.1) is 0 Å². The van der Waals surface area contributed by atoms with Crippen LogP contribution < -0.4 is 0 Å². The number of halogens is 3. The Morgan fingerprint density at radius 3 is 2.47 bits per heavy atom. The topological polar surface area (TPSA) is 4.93 Å². The molecule has 19 heavy (non-hydrogen) atoms. The average Bonchev–Trinajstić information content (AvgIpc) is 2.75. The summed E-state index contributed by atoms with van der Waals surface area (Å²) in [5.41, 5.74) is 2.10. The number of hydrogen-bond donors (Lipinski definition) is 0. The van der Waals surface area contributed by atoms with Gasteiger partial charge in [0.2, 0.25) is 0 Å². The fraction of sp³-hybridized carbons (Fsp3) is 0.0667. The fourth-order valence-corrected chi connectivity index (χ4v) is 2.70. The molecule has 0 fully saturated rings. The van der Waals surface area contributed by atoms with Crippen molar-refractivity contribution in [3.8, 4) is 0 Å². The van der Waals surface area contributed by atoms with Gasteiger partial charge in [-0.25, -0.2) is 0 Å². The number of hydrogen-bond acceptors (Lipinski definition) is 0. The molecule has 2 aromatic carbocycles. The van der Waals surface area contributed by atoms with E-state index >= 15 is 0 Å². The Bertz CT molecular complexity index is 746. The molecule has 1 nitrogen and oxygen atoms in total. The van der Waals surface area contributed by atoms with Crippen LogP contribution in [0.15, 0.2) is 42.6 Å². The second kappa shape index (κ2) is 5.09. The summed E-state index contributed by atoms with van der Waals surface area (Å²) < 4.78 is 2.08. The minimum absolute atomic E-state index is 0.643. The van der Waals surface area contributed by atoms with Crippen LogP contribution in [0.3, 0.4) is 0 Å². The molecule has 3 aromatic rings. The van der Waals surface area contributed by atoms with Crippen molar-refractivity contribution in [1.82, 2.24) is 4.57 Å². The lowest BCUT2D eigenvalue weighted by Gasteiger charge is -2.08. The zero-order chi connectivity index (χ0) is 13.4. The summed E-state index contributed by atoms with van der Waals surface area (Å²) in [4.78, 5) is 0. The maximum Gasteiger partial charge on any atom is 0.0491 e. The predicted octanol–water partition coefficient (Wildman–Crippen LogP) is 5.45. The SMILES string of the molecule is Clc1ccc(Cn2c[c]c3cc(Cl)ccc32)c(Cl)c1. The average molecular weight is 310 g/mol. The number of rotatable bonds is 2. The van der Waals surface area contributed by atoms with E-state index in [1.54, 1.807) is 6.07 Å². The number of fused-ring (bicyclic) bond motifs is 1. The van der Waals surface area contributed by atoms with E-state index in [0.717, 1.165) is 16.5 Å². The van der Waals surface area contributed by atoms with Crippen LogP contribution in [0.5, 0.6) is 0 Å². The van der Waals surface area contributed by atoms with Crippen LogP contribution in [0.1, 0.15) is 5.56 Å². The largest absolute Gasteiger partial charge is 0.342 e. The van der Waals surface area contributed by atoms with Crippen LogP contribution in [-0.4, -0.2) is 4.57 Å². The Hall–Kier alpha value is -1.15. The van der Waals surface area contributed by atoms with E-state index < -0.39 is 0 Å². The van der Waals surface area contributed by atoms with Gasteiger partial charge >= 0.3 is 0 Å². The monoisotopic (exact) mass is 308 g/mol. The molecule has 0 aliphatic rings. The van der Waals surface area contributed by atoms with E-state index in [1.165, 1.54) is 0 Å². The van der Waals surface area contributed by atoms with Crippen molar-refractivity contribution in [1.29, 1.82) is 0 Å². The van der Waals surface area contributed by atoms with Crippen LogP contribution in [0.25, 0.3) is 10.9 Å². The Morgan fingerprint density at radius 2 is 1.68 bits per heavy atom. The molecule has 4 heteroatoms. The second-order valence-corrected chi connectivity index (χ2v) is 5.58. The summed E-state index contributed by atoms with van der Waals surface area (Å²) in [6.07, 6.45) is 1.91. The number of nitrogens with zero attached hydrogens (tertiary/aromatic N) is 1. The highest BCUT2D eigenvalue weighted by molar-refractivity contribution is 6.35. The van der Waals surface area contributed by atoms with Gasteiger partial charge in [-0.05, 0) is 35.9 Å². The van der Waals surface area contributed by atoms with E-state index in [2.05, 4.69) is 10.6 Å². The van der Waals surface area contributed by atoms with Crippen LogP contribution in [0.4, 0.5) is 0 Å². The highest BCUT2D eigenvalue weighted by Gasteiger charge is 2.06. The Labute approximate surface area is 126 Å². The van der Waals surface area contributed by atoms with Crippen LogP contribution in [0, 0.1) is 6.07 Å². The molecular weight excluding hydrogens is 301 g/mol. The molecule has 1 aromatic heterocycles. The smallest absolute Gasteiger partial charge is 0.0491 e. The van der Waals surface area contributed by atoms with Crippen LogP contribution in [0.2, 0.25) is 15.1 Å². The summed E-state index contributed by atoms with van der Waals surface area (Å²) >= 11 is 18.1. The van der Waals surface area contributed by atoms with Gasteiger partial charge in [0.15, 0.2) is 0 Å². The normalized spacial score (nSPS) is 11.1. The minimum atomic E-state index is 0.643. The molecule has 0 spiro atoms. The van der Waals surface area contributed by atoms with E-state index in [4.69, 9.17) is 34.8 Å². The van der Waals surface area contributed by atoms with Gasteiger partial charge in [-0.15, -0.1) is 0 Å². The lowest BCUT2D eigenvalue weighted by Crippen LogP contribution is -1.98. The van der Waals surface area contributed by atoms with Gasteiger partial charge in [-0.2, -0.15) is 0 Å². The zero-order valence-corrected chi connectivity index (χ0v) is 12.1. The third-order valence-electron chi connectivity index (χ3n) is 3.00. The maximum atomic E-state index is 6.19. The third-order valence-corrected chi connectivity index (χ3v) is 3.82. The summed E-state index contributed by atoms with van der Waals surface area (Å²) in [6.45, 7) is 0.678. The summed E-state index contributed by atoms with van der Waals surface area (Å²) in [6, 6.07) is 14.5. The van der Waals surface area contributed by atoms with Gasteiger partial charge < -0.3 is 4.57 Å². The molecular formula is C15H9Cl3N. The van der Waals surface area contributed by atoms with E-state index in [0.29, 0.717) is 21.6 Å². The first-order chi connectivity index (χ1) is 9.13. The van der Waals surface area contributed by atoms with Crippen molar-refractivity contribution in [2.75, 3.05) is 0 Å². The van der Waals surface area contributed by atoms with Crippen molar-refractivity contribution < 1.29 is 0 Å². The first-order valence-electron chi connectivity index (χ1n) is 5.73. The van der Waals surface area contributed by atoms with Gasteiger partial charge in [-0.3, -0.25) is 0 Å². The molecule has 0 saturated heterocycles. The van der Waals surface area contributed by atoms with Gasteiger partial charge in [0.25, 0.3) is 0 Å². The first kappa shape index (κ1) is 12.9. The minimum Gasteiger partial charge on any atom is -0.342 e. The number of benzene rings is 2. The summed E-state index contributed by atoms with van der Waals surface area (Å²) in [5.74, 6) is 0. The van der Waals surface area contributed by atoms with E-state index in [9.17, 15) is 0 Å². The zero-order valence-electron chi connectivity index (χ0n) is 9.83. The fourth-order valence-electron chi connectivity index (χ4n) is 2.06. The highest BCUT2D eigenvalue weighted by Crippen LogP contribution is 2.25. The van der Waals surface area contributed by atoms with E-state index in [1.807, 2.05) is 36.5 Å². The van der Waals surface area contributed by atoms with Crippen molar-refractivity contribution in [2.45, 2.75) is 6.54 Å². The second-order valence-electron chi connectivity index (χ2n) is 4.30. The summed E-state index contributed by atoms with van der Waals surface area (Å²) in [7, 11) is 0. The Morgan fingerprint density at radius 1 is 0.947 bits per heavy atom. The molecule has 0 N–H and O–H groups in total. The third kappa shape index (κ3) is 2.59. The molecule has 3 rings (SSSR count). The molecule has 0 saturated carbocycles. The predicted molar refractivity (Wildman–Crippen MR) is 81.3 cm³/mol. The van der Waals surface area contributed by atoms with Gasteiger partial charge in [-0.1, -0.05) is 40.9 Å². The molecule has 0 aliphatic carbocycles. The quantitative estimate of drug-likeness (QED) is 0.593. The molecule has 1 radical (unpaired) electrons. The van der Waals surface area contributed by atoms with Crippen LogP contribution in [-0.2, 0) is 6.54 Å². The van der Waals surface area contributed by atoms with E-state index in [-0.39, 0.29) is 0 Å².